The van der Waals surface area contributed by atoms with Crippen molar-refractivity contribution in [1.29, 1.82) is 5.26 Å². The molecule has 0 aliphatic rings. The van der Waals surface area contributed by atoms with Crippen LogP contribution in [0.3, 0.4) is 0 Å². The van der Waals surface area contributed by atoms with Gasteiger partial charge in [-0.1, -0.05) is 18.2 Å². The molecular weight excluding hydrogens is 411 g/mol. The predicted molar refractivity (Wildman–Crippen MR) is 109 cm³/mol. The fourth-order valence-corrected chi connectivity index (χ4v) is 4.07. The number of rotatable bonds is 4. The molecule has 0 saturated carbocycles. The van der Waals surface area contributed by atoms with Gasteiger partial charge < -0.3 is 4.74 Å². The highest BCUT2D eigenvalue weighted by molar-refractivity contribution is 7.15. The van der Waals surface area contributed by atoms with Gasteiger partial charge in [-0.2, -0.15) is 18.4 Å². The van der Waals surface area contributed by atoms with Gasteiger partial charge >= 0.3 is 6.18 Å². The molecule has 0 atom stereocenters. The van der Waals surface area contributed by atoms with E-state index in [0.29, 0.717) is 9.88 Å². The molecule has 0 fully saturated rings. The number of aromatic nitrogens is 2. The van der Waals surface area contributed by atoms with E-state index in [9.17, 15) is 18.4 Å². The van der Waals surface area contributed by atoms with Crippen molar-refractivity contribution >= 4 is 22.4 Å². The molecule has 152 valence electrons. The second-order valence-electron chi connectivity index (χ2n) is 6.87. The molecule has 0 spiro atoms. The van der Waals surface area contributed by atoms with E-state index in [1.807, 2.05) is 30.5 Å². The second kappa shape index (κ2) is 7.50. The fraction of sp³-hybridized carbons (Fsp3) is 0.182. The van der Waals surface area contributed by atoms with Gasteiger partial charge in [-0.25, -0.2) is 4.98 Å². The Morgan fingerprint density at radius 2 is 1.87 bits per heavy atom. The molecule has 8 heteroatoms. The Morgan fingerprint density at radius 1 is 1.13 bits per heavy atom. The summed E-state index contributed by atoms with van der Waals surface area (Å²) < 4.78 is 47.1. The topological polar surface area (TPSA) is 50.8 Å². The largest absolute Gasteiger partial charge is 0.487 e. The molecule has 30 heavy (non-hydrogen) atoms. The van der Waals surface area contributed by atoms with Gasteiger partial charge in [0.05, 0.1) is 16.6 Å². The van der Waals surface area contributed by atoms with Crippen molar-refractivity contribution in [2.24, 2.45) is 0 Å². The van der Waals surface area contributed by atoms with Crippen LogP contribution in [0.5, 0.6) is 5.75 Å². The SMILES string of the molecule is Cc1cc2ncn(-c3cc(OCc4ccccc4C(F)(F)F)c(C#N)s3)c2cc1C. The van der Waals surface area contributed by atoms with Crippen LogP contribution in [0, 0.1) is 25.2 Å². The molecule has 4 rings (SSSR count). The summed E-state index contributed by atoms with van der Waals surface area (Å²) in [5.41, 5.74) is 3.22. The number of ether oxygens (including phenoxy) is 1. The molecule has 0 radical (unpaired) electrons. The molecule has 4 aromatic rings. The molecule has 4 nitrogen and oxygen atoms in total. The fourth-order valence-electron chi connectivity index (χ4n) is 3.18. The van der Waals surface area contributed by atoms with E-state index in [2.05, 4.69) is 11.1 Å². The number of aryl methyl sites for hydroxylation is 2. The van der Waals surface area contributed by atoms with Crippen LogP contribution in [0.4, 0.5) is 13.2 Å². The highest BCUT2D eigenvalue weighted by Gasteiger charge is 2.33. The van der Waals surface area contributed by atoms with E-state index >= 15 is 0 Å². The summed E-state index contributed by atoms with van der Waals surface area (Å²) >= 11 is 1.20. The Bertz CT molecular complexity index is 1280. The Kier molecular flexibility index (Phi) is 5.00. The van der Waals surface area contributed by atoms with Gasteiger partial charge in [0, 0.05) is 11.6 Å². The number of nitrogens with zero attached hydrogens (tertiary/aromatic N) is 3. The number of nitriles is 1. The van der Waals surface area contributed by atoms with Crippen molar-refractivity contribution in [1.82, 2.24) is 9.55 Å². The zero-order chi connectivity index (χ0) is 21.5. The normalized spacial score (nSPS) is 11.6. The lowest BCUT2D eigenvalue weighted by Crippen LogP contribution is -2.10. The van der Waals surface area contributed by atoms with E-state index in [-0.39, 0.29) is 17.9 Å². The van der Waals surface area contributed by atoms with Gasteiger partial charge in [-0.3, -0.25) is 4.57 Å². The zero-order valence-electron chi connectivity index (χ0n) is 16.1. The molecule has 0 unspecified atom stereocenters. The number of halogens is 3. The molecule has 0 amide bonds. The van der Waals surface area contributed by atoms with E-state index in [4.69, 9.17) is 4.74 Å². The summed E-state index contributed by atoms with van der Waals surface area (Å²) in [4.78, 5) is 4.71. The number of fused-ring (bicyclic) bond motifs is 1. The number of thiophene rings is 1. The van der Waals surface area contributed by atoms with Crippen LogP contribution < -0.4 is 4.74 Å². The minimum Gasteiger partial charge on any atom is -0.487 e. The third kappa shape index (κ3) is 3.64. The van der Waals surface area contributed by atoms with E-state index in [1.54, 1.807) is 12.4 Å². The maximum Gasteiger partial charge on any atom is 0.416 e. The molecule has 2 aromatic heterocycles. The van der Waals surface area contributed by atoms with Crippen molar-refractivity contribution < 1.29 is 17.9 Å². The second-order valence-corrected chi connectivity index (χ2v) is 7.90. The minimum absolute atomic E-state index is 0.0146. The molecule has 0 aliphatic heterocycles. The number of imidazole rings is 1. The predicted octanol–water partition coefficient (Wildman–Crippen LogP) is 6.17. The molecule has 2 aromatic carbocycles. The van der Waals surface area contributed by atoms with Crippen molar-refractivity contribution in [2.45, 2.75) is 26.6 Å². The molecule has 0 bridgehead atoms. The van der Waals surface area contributed by atoms with Gasteiger partial charge in [0.15, 0.2) is 5.75 Å². The van der Waals surface area contributed by atoms with Gasteiger partial charge in [0.2, 0.25) is 0 Å². The monoisotopic (exact) mass is 427 g/mol. The maximum atomic E-state index is 13.2. The van der Waals surface area contributed by atoms with Crippen LogP contribution in [0.25, 0.3) is 16.0 Å². The van der Waals surface area contributed by atoms with Gasteiger partial charge in [0.25, 0.3) is 0 Å². The summed E-state index contributed by atoms with van der Waals surface area (Å²) in [6.07, 6.45) is -2.80. The van der Waals surface area contributed by atoms with Crippen LogP contribution >= 0.6 is 11.3 Å². The Balaban J connectivity index is 1.67. The average molecular weight is 427 g/mol. The lowest BCUT2D eigenvalue weighted by molar-refractivity contribution is -0.138. The quantitative estimate of drug-likeness (QED) is 0.391. The standard InChI is InChI=1S/C22H16F3N3OS/c1-13-7-17-18(8-14(13)2)28(12-27-17)21-9-19(20(10-26)30-21)29-11-15-5-3-4-6-16(15)22(23,24)25/h3-9,12H,11H2,1-2H3. The van der Waals surface area contributed by atoms with Crippen molar-refractivity contribution in [3.8, 4) is 16.8 Å². The summed E-state index contributed by atoms with van der Waals surface area (Å²) in [6.45, 7) is 3.73. The van der Waals surface area contributed by atoms with Gasteiger partial charge in [-0.05, 0) is 43.2 Å². The number of benzene rings is 2. The first kappa shape index (κ1) is 20.0. The third-order valence-electron chi connectivity index (χ3n) is 4.89. The summed E-state index contributed by atoms with van der Waals surface area (Å²) in [6, 6.07) is 13.0. The maximum absolute atomic E-state index is 13.2. The Labute approximate surface area is 174 Å². The summed E-state index contributed by atoms with van der Waals surface area (Å²) in [5, 5.41) is 10.2. The highest BCUT2D eigenvalue weighted by Crippen LogP contribution is 2.36. The van der Waals surface area contributed by atoms with Crippen LogP contribution in [-0.4, -0.2) is 9.55 Å². The number of alkyl halides is 3. The summed E-state index contributed by atoms with van der Waals surface area (Å²) in [5.74, 6) is 0.250. The first-order valence-corrected chi connectivity index (χ1v) is 9.86. The van der Waals surface area contributed by atoms with E-state index < -0.39 is 11.7 Å². The van der Waals surface area contributed by atoms with E-state index in [0.717, 1.165) is 28.2 Å². The number of hydrogen-bond donors (Lipinski definition) is 0. The lowest BCUT2D eigenvalue weighted by atomic mass is 10.1. The van der Waals surface area contributed by atoms with Crippen molar-refractivity contribution in [3.05, 3.63) is 75.9 Å². The number of hydrogen-bond acceptors (Lipinski definition) is 4. The van der Waals surface area contributed by atoms with Gasteiger partial charge in [0.1, 0.15) is 28.9 Å². The first-order valence-electron chi connectivity index (χ1n) is 9.04. The van der Waals surface area contributed by atoms with Crippen LogP contribution in [0.1, 0.15) is 27.1 Å². The molecule has 0 N–H and O–H groups in total. The first-order chi connectivity index (χ1) is 14.3. The minimum atomic E-state index is -4.47. The Morgan fingerprint density at radius 3 is 2.60 bits per heavy atom. The third-order valence-corrected chi connectivity index (χ3v) is 5.91. The zero-order valence-corrected chi connectivity index (χ0v) is 16.9. The Hall–Kier alpha value is -3.31. The lowest BCUT2D eigenvalue weighted by Gasteiger charge is -2.13. The van der Waals surface area contributed by atoms with Crippen molar-refractivity contribution in [2.75, 3.05) is 0 Å². The highest BCUT2D eigenvalue weighted by atomic mass is 32.1. The average Bonchev–Trinajstić information content (AvgIpc) is 3.29. The smallest absolute Gasteiger partial charge is 0.416 e. The molecule has 0 saturated heterocycles. The van der Waals surface area contributed by atoms with Crippen LogP contribution in [0.2, 0.25) is 0 Å². The molecular formula is C22H16F3N3OS. The summed E-state index contributed by atoms with van der Waals surface area (Å²) in [7, 11) is 0. The van der Waals surface area contributed by atoms with Crippen LogP contribution in [0.15, 0.2) is 48.8 Å². The van der Waals surface area contributed by atoms with Crippen molar-refractivity contribution in [3.63, 3.8) is 0 Å². The van der Waals surface area contributed by atoms with Gasteiger partial charge in [-0.15, -0.1) is 11.3 Å². The van der Waals surface area contributed by atoms with Crippen LogP contribution in [-0.2, 0) is 12.8 Å². The molecule has 0 aliphatic carbocycles. The van der Waals surface area contributed by atoms with E-state index in [1.165, 1.54) is 29.5 Å². The molecule has 2 heterocycles.